The topological polar surface area (TPSA) is 95.6 Å². The number of aryl methyl sites for hydroxylation is 2. The summed E-state index contributed by atoms with van der Waals surface area (Å²) in [5.74, 6) is -0.408. The number of hydrogen-bond acceptors (Lipinski definition) is 4. The molecule has 0 spiro atoms. The summed E-state index contributed by atoms with van der Waals surface area (Å²) >= 11 is 0. The van der Waals surface area contributed by atoms with Crippen LogP contribution in [0, 0.1) is 5.92 Å². The number of fused-ring (bicyclic) bond motifs is 1. The molecule has 2 aliphatic rings. The predicted molar refractivity (Wildman–Crippen MR) is 124 cm³/mol. The van der Waals surface area contributed by atoms with E-state index < -0.39 is 10.0 Å². The van der Waals surface area contributed by atoms with Gasteiger partial charge in [0, 0.05) is 36.8 Å². The first kappa shape index (κ1) is 22.5. The van der Waals surface area contributed by atoms with Crippen LogP contribution in [-0.4, -0.2) is 37.6 Å². The zero-order valence-corrected chi connectivity index (χ0v) is 19.1. The molecule has 0 unspecified atom stereocenters. The molecule has 32 heavy (non-hydrogen) atoms. The number of piperidine rings is 1. The average Bonchev–Trinajstić information content (AvgIpc) is 3.28. The van der Waals surface area contributed by atoms with Crippen LogP contribution in [0.3, 0.4) is 0 Å². The van der Waals surface area contributed by atoms with Crippen molar-refractivity contribution < 1.29 is 18.0 Å². The molecular formula is C24H29N3O4S. The van der Waals surface area contributed by atoms with Gasteiger partial charge in [-0.2, -0.15) is 4.31 Å². The van der Waals surface area contributed by atoms with Crippen molar-refractivity contribution in [2.45, 2.75) is 50.3 Å². The van der Waals surface area contributed by atoms with E-state index in [1.165, 1.54) is 9.87 Å². The fraction of sp³-hybridized carbons (Fsp3) is 0.417. The summed E-state index contributed by atoms with van der Waals surface area (Å²) in [6.45, 7) is 2.45. The van der Waals surface area contributed by atoms with E-state index in [1.807, 2.05) is 12.1 Å². The number of nitrogens with one attached hydrogen (secondary N) is 2. The summed E-state index contributed by atoms with van der Waals surface area (Å²) in [5.41, 5.74) is 3.72. The van der Waals surface area contributed by atoms with Gasteiger partial charge in [0.2, 0.25) is 21.8 Å². The fourth-order valence-electron chi connectivity index (χ4n) is 4.35. The van der Waals surface area contributed by atoms with Crippen LogP contribution in [0.1, 0.15) is 43.7 Å². The second kappa shape index (κ2) is 9.42. The van der Waals surface area contributed by atoms with Crippen LogP contribution < -0.4 is 10.6 Å². The van der Waals surface area contributed by atoms with Gasteiger partial charge in [-0.15, -0.1) is 0 Å². The molecule has 0 bridgehead atoms. The van der Waals surface area contributed by atoms with Gasteiger partial charge in [-0.25, -0.2) is 8.42 Å². The largest absolute Gasteiger partial charge is 0.326 e. The van der Waals surface area contributed by atoms with Crippen molar-refractivity contribution in [2.75, 3.05) is 23.7 Å². The van der Waals surface area contributed by atoms with Crippen molar-refractivity contribution in [1.82, 2.24) is 4.31 Å². The molecule has 0 aromatic heterocycles. The summed E-state index contributed by atoms with van der Waals surface area (Å²) in [6, 6.07) is 12.5. The summed E-state index contributed by atoms with van der Waals surface area (Å²) in [7, 11) is -3.54. The standard InChI is InChI=1S/C24H29N3O4S/c1-2-23(28)25-20-7-9-21(10-8-20)26-24(29)18-12-14-27(15-13-18)32(30,31)22-11-6-17-4-3-5-19(17)16-22/h6-11,16,18H,2-5,12-15H2,1H3,(H,25,28)(H,26,29). The van der Waals surface area contributed by atoms with E-state index >= 15 is 0 Å². The molecule has 4 rings (SSSR count). The Morgan fingerprint density at radius 2 is 1.56 bits per heavy atom. The minimum absolute atomic E-state index is 0.0663. The Morgan fingerprint density at radius 3 is 2.22 bits per heavy atom. The molecule has 0 atom stereocenters. The summed E-state index contributed by atoms with van der Waals surface area (Å²) < 4.78 is 27.7. The number of carbonyl (C=O) groups is 2. The Bertz CT molecular complexity index is 1100. The van der Waals surface area contributed by atoms with E-state index in [0.29, 0.717) is 48.6 Å². The molecule has 1 aliphatic carbocycles. The zero-order valence-electron chi connectivity index (χ0n) is 18.3. The lowest BCUT2D eigenvalue weighted by molar-refractivity contribution is -0.121. The van der Waals surface area contributed by atoms with E-state index in [-0.39, 0.29) is 17.7 Å². The first-order chi connectivity index (χ1) is 15.4. The molecular weight excluding hydrogens is 426 g/mol. The molecule has 1 saturated heterocycles. The lowest BCUT2D eigenvalue weighted by Gasteiger charge is -2.30. The lowest BCUT2D eigenvalue weighted by Crippen LogP contribution is -2.41. The van der Waals surface area contributed by atoms with E-state index in [9.17, 15) is 18.0 Å². The van der Waals surface area contributed by atoms with Crippen LogP contribution in [0.2, 0.25) is 0 Å². The van der Waals surface area contributed by atoms with Crippen molar-refractivity contribution in [2.24, 2.45) is 5.92 Å². The molecule has 2 aromatic carbocycles. The van der Waals surface area contributed by atoms with E-state index in [2.05, 4.69) is 10.6 Å². The van der Waals surface area contributed by atoms with E-state index in [4.69, 9.17) is 0 Å². The van der Waals surface area contributed by atoms with Gasteiger partial charge in [0.1, 0.15) is 0 Å². The maximum Gasteiger partial charge on any atom is 0.243 e. The van der Waals surface area contributed by atoms with Crippen molar-refractivity contribution in [3.05, 3.63) is 53.6 Å². The molecule has 170 valence electrons. The molecule has 2 aromatic rings. The Kier molecular flexibility index (Phi) is 6.62. The Labute approximate surface area is 189 Å². The minimum atomic E-state index is -3.54. The number of carbonyl (C=O) groups excluding carboxylic acids is 2. The van der Waals surface area contributed by atoms with Crippen molar-refractivity contribution in [3.8, 4) is 0 Å². The van der Waals surface area contributed by atoms with Crippen LogP contribution >= 0.6 is 0 Å². The van der Waals surface area contributed by atoms with Gasteiger partial charge < -0.3 is 10.6 Å². The second-order valence-electron chi connectivity index (χ2n) is 8.43. The average molecular weight is 456 g/mol. The number of benzene rings is 2. The quantitative estimate of drug-likeness (QED) is 0.696. The third kappa shape index (κ3) is 4.86. The number of amides is 2. The highest BCUT2D eigenvalue weighted by Gasteiger charge is 2.32. The Hall–Kier alpha value is -2.71. The fourth-order valence-corrected chi connectivity index (χ4v) is 5.87. The van der Waals surface area contributed by atoms with Crippen LogP contribution in [-0.2, 0) is 32.5 Å². The van der Waals surface area contributed by atoms with Gasteiger partial charge in [0.25, 0.3) is 0 Å². The second-order valence-corrected chi connectivity index (χ2v) is 10.4. The first-order valence-corrected chi connectivity index (χ1v) is 12.6. The maximum absolute atomic E-state index is 13.1. The van der Waals surface area contributed by atoms with Gasteiger partial charge in [0.15, 0.2) is 0 Å². The molecule has 0 radical (unpaired) electrons. The molecule has 7 nitrogen and oxygen atoms in total. The monoisotopic (exact) mass is 455 g/mol. The highest BCUT2D eigenvalue weighted by Crippen LogP contribution is 2.29. The number of anilines is 2. The van der Waals surface area contributed by atoms with Crippen molar-refractivity contribution >= 4 is 33.2 Å². The molecule has 1 heterocycles. The van der Waals surface area contributed by atoms with Gasteiger partial charge in [-0.05, 0) is 79.6 Å². The van der Waals surface area contributed by atoms with E-state index in [1.54, 1.807) is 37.3 Å². The number of hydrogen-bond donors (Lipinski definition) is 2. The summed E-state index contributed by atoms with van der Waals surface area (Å²) in [4.78, 5) is 24.5. The maximum atomic E-state index is 13.1. The molecule has 2 amide bonds. The Balaban J connectivity index is 1.33. The van der Waals surface area contributed by atoms with Gasteiger partial charge in [0.05, 0.1) is 4.90 Å². The van der Waals surface area contributed by atoms with Crippen molar-refractivity contribution in [3.63, 3.8) is 0 Å². The molecule has 1 fully saturated rings. The van der Waals surface area contributed by atoms with Crippen LogP contribution in [0.4, 0.5) is 11.4 Å². The zero-order chi connectivity index (χ0) is 22.7. The van der Waals surface area contributed by atoms with Crippen LogP contribution in [0.5, 0.6) is 0 Å². The third-order valence-electron chi connectivity index (χ3n) is 6.29. The first-order valence-electron chi connectivity index (χ1n) is 11.2. The van der Waals surface area contributed by atoms with Crippen LogP contribution in [0.15, 0.2) is 47.4 Å². The van der Waals surface area contributed by atoms with Crippen molar-refractivity contribution in [1.29, 1.82) is 0 Å². The van der Waals surface area contributed by atoms with Gasteiger partial charge in [-0.3, -0.25) is 9.59 Å². The summed E-state index contributed by atoms with van der Waals surface area (Å²) in [5, 5.41) is 5.67. The number of sulfonamides is 1. The predicted octanol–water partition coefficient (Wildman–Crippen LogP) is 3.56. The lowest BCUT2D eigenvalue weighted by atomic mass is 9.97. The van der Waals surface area contributed by atoms with Gasteiger partial charge in [-0.1, -0.05) is 13.0 Å². The number of rotatable bonds is 6. The molecule has 1 aliphatic heterocycles. The van der Waals surface area contributed by atoms with E-state index in [0.717, 1.165) is 24.8 Å². The number of nitrogens with zero attached hydrogens (tertiary/aromatic N) is 1. The smallest absolute Gasteiger partial charge is 0.243 e. The minimum Gasteiger partial charge on any atom is -0.326 e. The van der Waals surface area contributed by atoms with Crippen LogP contribution in [0.25, 0.3) is 0 Å². The van der Waals surface area contributed by atoms with Gasteiger partial charge >= 0.3 is 0 Å². The molecule has 0 saturated carbocycles. The highest BCUT2D eigenvalue weighted by molar-refractivity contribution is 7.89. The SMILES string of the molecule is CCC(=O)Nc1ccc(NC(=O)C2CCN(S(=O)(=O)c3ccc4c(c3)CCC4)CC2)cc1. The third-order valence-corrected chi connectivity index (χ3v) is 8.18. The normalized spacial score (nSPS) is 17.0. The highest BCUT2D eigenvalue weighted by atomic mass is 32.2. The molecule has 2 N–H and O–H groups in total. The molecule has 8 heteroatoms. The Morgan fingerprint density at radius 1 is 0.938 bits per heavy atom. The summed E-state index contributed by atoms with van der Waals surface area (Å²) in [6.07, 6.45) is 4.41.